The third-order valence-electron chi connectivity index (χ3n) is 5.84. The number of hydrogen-bond donors (Lipinski definition) is 2. The maximum absolute atomic E-state index is 13.3. The monoisotopic (exact) mass is 442 g/mol. The molecule has 1 amide bonds. The van der Waals surface area contributed by atoms with E-state index in [1.165, 1.54) is 4.90 Å². The van der Waals surface area contributed by atoms with E-state index in [1.54, 1.807) is 31.2 Å². The van der Waals surface area contributed by atoms with Crippen molar-refractivity contribution in [2.45, 2.75) is 39.7 Å². The average molecular weight is 443 g/mol. The number of carbonyl (C=O) groups is 1. The van der Waals surface area contributed by atoms with Crippen molar-refractivity contribution in [1.82, 2.24) is 10.2 Å². The molecule has 1 aliphatic heterocycles. The minimum absolute atomic E-state index is 0.126. The Hall–Kier alpha value is -4.00. The normalized spacial score (nSPS) is 16.8. The molecule has 1 unspecified atom stereocenters. The molecule has 2 aromatic carbocycles. The van der Waals surface area contributed by atoms with Crippen LogP contribution in [0.25, 0.3) is 0 Å². The molecule has 0 aliphatic carbocycles. The van der Waals surface area contributed by atoms with Crippen LogP contribution in [0.5, 0.6) is 0 Å². The predicted octanol–water partition coefficient (Wildman–Crippen LogP) is 5.00. The van der Waals surface area contributed by atoms with Crippen LogP contribution in [0.3, 0.4) is 0 Å². The highest BCUT2D eigenvalue weighted by Crippen LogP contribution is 2.41. The zero-order chi connectivity index (χ0) is 23.7. The minimum Gasteiger partial charge on any atom is -0.503 e. The molecule has 1 aliphatic rings. The predicted molar refractivity (Wildman–Crippen MR) is 127 cm³/mol. The Labute approximate surface area is 192 Å². The molecular weight excluding hydrogens is 416 g/mol. The number of aryl methyl sites for hydroxylation is 2. The number of nitrogens with zero attached hydrogens (tertiary/aromatic N) is 4. The molecular formula is C26H26N4O3. The molecule has 0 spiro atoms. The molecule has 2 heterocycles. The number of hydrogen-bond acceptors (Lipinski definition) is 6. The zero-order valence-corrected chi connectivity index (χ0v) is 19.0. The van der Waals surface area contributed by atoms with Gasteiger partial charge in [0.1, 0.15) is 5.71 Å². The largest absolute Gasteiger partial charge is 0.503 e. The summed E-state index contributed by atoms with van der Waals surface area (Å²) in [6, 6.07) is 17.9. The molecule has 0 radical (unpaired) electrons. The first kappa shape index (κ1) is 22.2. The van der Waals surface area contributed by atoms with Gasteiger partial charge in [-0.25, -0.2) is 0 Å². The second-order valence-electron chi connectivity index (χ2n) is 8.51. The van der Waals surface area contributed by atoms with Crippen LogP contribution in [-0.2, 0) is 4.79 Å². The highest BCUT2D eigenvalue weighted by molar-refractivity contribution is 6.22. The van der Waals surface area contributed by atoms with Crippen molar-refractivity contribution in [1.29, 1.82) is 0 Å². The van der Waals surface area contributed by atoms with Gasteiger partial charge >= 0.3 is 0 Å². The summed E-state index contributed by atoms with van der Waals surface area (Å²) < 4.78 is 0. The van der Waals surface area contributed by atoms with Crippen LogP contribution in [0.15, 0.2) is 77.2 Å². The van der Waals surface area contributed by atoms with Gasteiger partial charge < -0.3 is 10.3 Å². The van der Waals surface area contributed by atoms with Crippen LogP contribution in [0.2, 0.25) is 0 Å². The highest BCUT2D eigenvalue weighted by Gasteiger charge is 2.44. The lowest BCUT2D eigenvalue weighted by atomic mass is 9.90. The summed E-state index contributed by atoms with van der Waals surface area (Å²) in [5, 5.41) is 32.7. The van der Waals surface area contributed by atoms with E-state index < -0.39 is 17.7 Å². The fourth-order valence-electron chi connectivity index (χ4n) is 3.96. The van der Waals surface area contributed by atoms with E-state index in [0.29, 0.717) is 23.0 Å². The number of rotatable bonds is 5. The minimum atomic E-state index is -0.747. The van der Waals surface area contributed by atoms with E-state index in [9.17, 15) is 15.1 Å². The molecule has 168 valence electrons. The Morgan fingerprint density at radius 1 is 0.970 bits per heavy atom. The topological polar surface area (TPSA) is 98.9 Å². The van der Waals surface area contributed by atoms with Crippen LogP contribution in [0.4, 0.5) is 5.82 Å². The van der Waals surface area contributed by atoms with Gasteiger partial charge in [-0.05, 0) is 43.0 Å². The number of aliphatic hydroxyl groups is 1. The molecule has 0 saturated carbocycles. The summed E-state index contributed by atoms with van der Waals surface area (Å²) in [4.78, 5) is 14.7. The number of anilines is 1. The fourth-order valence-corrected chi connectivity index (χ4v) is 3.96. The standard InChI is InChI=1S/C26H26N4O3/c1-15(2)18-10-12-20(13-11-18)24-22(23(29-33)19-8-5-16(3)6-9-19)25(31)26(32)30(24)21-14-7-17(4)27-28-21/h5-15,24,31,33H,1-4H3/b29-23-. The van der Waals surface area contributed by atoms with Crippen LogP contribution in [-0.4, -0.2) is 32.1 Å². The van der Waals surface area contributed by atoms with Gasteiger partial charge in [0.15, 0.2) is 11.6 Å². The first-order valence-electron chi connectivity index (χ1n) is 10.8. The van der Waals surface area contributed by atoms with E-state index >= 15 is 0 Å². The van der Waals surface area contributed by atoms with Crippen molar-refractivity contribution in [2.75, 3.05) is 4.90 Å². The number of benzene rings is 2. The van der Waals surface area contributed by atoms with Crippen molar-refractivity contribution < 1.29 is 15.1 Å². The number of carbonyl (C=O) groups excluding carboxylic acids is 1. The van der Waals surface area contributed by atoms with Crippen LogP contribution >= 0.6 is 0 Å². The van der Waals surface area contributed by atoms with Gasteiger partial charge in [-0.15, -0.1) is 5.10 Å². The molecule has 7 nitrogen and oxygen atoms in total. The van der Waals surface area contributed by atoms with Gasteiger partial charge in [-0.2, -0.15) is 5.10 Å². The third kappa shape index (κ3) is 4.09. The Bertz CT molecular complexity index is 1230. The SMILES string of the molecule is Cc1ccc(/C(=N/O)C2=C(O)C(=O)N(c3ccc(C)nn3)C2c2ccc(C(C)C)cc2)cc1. The van der Waals surface area contributed by atoms with Crippen molar-refractivity contribution in [3.05, 3.63) is 99.9 Å². The summed E-state index contributed by atoms with van der Waals surface area (Å²) in [5.74, 6) is -0.474. The quantitative estimate of drug-likeness (QED) is 0.329. The maximum atomic E-state index is 13.3. The second kappa shape index (κ2) is 8.86. The van der Waals surface area contributed by atoms with Crippen molar-refractivity contribution in [3.8, 4) is 0 Å². The third-order valence-corrected chi connectivity index (χ3v) is 5.84. The van der Waals surface area contributed by atoms with Gasteiger partial charge in [0, 0.05) is 5.56 Å². The number of oxime groups is 1. The first-order valence-corrected chi connectivity index (χ1v) is 10.8. The fraction of sp³-hybridized carbons (Fsp3) is 0.231. The van der Waals surface area contributed by atoms with Crippen molar-refractivity contribution in [3.63, 3.8) is 0 Å². The summed E-state index contributed by atoms with van der Waals surface area (Å²) in [6.45, 7) is 7.97. The van der Waals surface area contributed by atoms with Crippen LogP contribution < -0.4 is 4.90 Å². The maximum Gasteiger partial charge on any atom is 0.295 e. The van der Waals surface area contributed by atoms with Gasteiger partial charge in [-0.3, -0.25) is 9.69 Å². The lowest BCUT2D eigenvalue weighted by Gasteiger charge is -2.26. The zero-order valence-electron chi connectivity index (χ0n) is 19.0. The molecule has 33 heavy (non-hydrogen) atoms. The molecule has 2 N–H and O–H groups in total. The van der Waals surface area contributed by atoms with E-state index in [-0.39, 0.29) is 11.3 Å². The molecule has 7 heteroatoms. The van der Waals surface area contributed by atoms with Crippen molar-refractivity contribution >= 4 is 17.4 Å². The first-order chi connectivity index (χ1) is 15.8. The molecule has 1 atom stereocenters. The Kier molecular flexibility index (Phi) is 5.96. The summed E-state index contributed by atoms with van der Waals surface area (Å²) >= 11 is 0. The van der Waals surface area contributed by atoms with Crippen molar-refractivity contribution in [2.24, 2.45) is 5.16 Å². The van der Waals surface area contributed by atoms with Gasteiger partial charge in [0.05, 0.1) is 17.3 Å². The Morgan fingerprint density at radius 3 is 2.18 bits per heavy atom. The number of aliphatic hydroxyl groups excluding tert-OH is 1. The number of aromatic nitrogens is 2. The van der Waals surface area contributed by atoms with E-state index in [1.807, 2.05) is 43.3 Å². The van der Waals surface area contributed by atoms with E-state index in [0.717, 1.165) is 16.7 Å². The highest BCUT2D eigenvalue weighted by atomic mass is 16.4. The van der Waals surface area contributed by atoms with Crippen LogP contribution in [0, 0.1) is 13.8 Å². The van der Waals surface area contributed by atoms with E-state index in [4.69, 9.17) is 0 Å². The molecule has 0 saturated heterocycles. The molecule has 0 bridgehead atoms. The Morgan fingerprint density at radius 2 is 1.64 bits per heavy atom. The molecule has 1 aromatic heterocycles. The average Bonchev–Trinajstić information content (AvgIpc) is 3.07. The van der Waals surface area contributed by atoms with Gasteiger partial charge in [0.25, 0.3) is 5.91 Å². The van der Waals surface area contributed by atoms with Gasteiger partial charge in [0.2, 0.25) is 0 Å². The summed E-state index contributed by atoms with van der Waals surface area (Å²) in [6.07, 6.45) is 0. The number of amides is 1. The summed E-state index contributed by atoms with van der Waals surface area (Å²) in [7, 11) is 0. The summed E-state index contributed by atoms with van der Waals surface area (Å²) in [5.41, 5.74) is 4.56. The lowest BCUT2D eigenvalue weighted by molar-refractivity contribution is -0.117. The van der Waals surface area contributed by atoms with Crippen LogP contribution in [0.1, 0.15) is 53.8 Å². The van der Waals surface area contributed by atoms with E-state index in [2.05, 4.69) is 29.2 Å². The molecule has 0 fully saturated rings. The lowest BCUT2D eigenvalue weighted by Crippen LogP contribution is -2.32. The second-order valence-corrected chi connectivity index (χ2v) is 8.51. The van der Waals surface area contributed by atoms with Gasteiger partial charge in [-0.1, -0.05) is 73.1 Å². The molecule has 3 aromatic rings. The smallest absolute Gasteiger partial charge is 0.295 e. The molecule has 4 rings (SSSR count). The Balaban J connectivity index is 1.89.